The Balaban J connectivity index is -0.00000109. The summed E-state index contributed by atoms with van der Waals surface area (Å²) in [5.41, 5.74) is 0. The summed E-state index contributed by atoms with van der Waals surface area (Å²) in [4.78, 5) is 20.6. The average molecular weight is 935 g/mol. The molecule has 0 fully saturated rings. The van der Waals surface area contributed by atoms with Crippen LogP contribution in [0.25, 0.3) is 0 Å². The van der Waals surface area contributed by atoms with Crippen molar-refractivity contribution in [2.24, 2.45) is 0 Å². The number of carbonyl (C=O) groups excluding carboxylic acids is 2. The van der Waals surface area contributed by atoms with Crippen LogP contribution in [-0.4, -0.2) is 57.4 Å². The van der Waals surface area contributed by atoms with E-state index in [1.165, 1.54) is 295 Å². The van der Waals surface area contributed by atoms with Gasteiger partial charge in [0.15, 0.2) is 0 Å². The molecule has 0 aliphatic carbocycles. The monoisotopic (exact) mass is 935 g/mol. The molecule has 0 aromatic carbocycles. The van der Waals surface area contributed by atoms with Crippen molar-refractivity contribution in [2.45, 2.75) is 348 Å². The molecule has 0 saturated carbocycles. The summed E-state index contributed by atoms with van der Waals surface area (Å²) >= 11 is 0. The molecule has 0 heterocycles. The summed E-state index contributed by atoms with van der Waals surface area (Å²) in [7, 11) is 0. The van der Waals surface area contributed by atoms with E-state index in [2.05, 4.69) is 13.8 Å². The molecule has 5 heteroatoms. The minimum absolute atomic E-state index is 0. The maximum atomic E-state index is 10.3. The molecule has 360 valence electrons. The van der Waals surface area contributed by atoms with Gasteiger partial charge in [0.05, 0.1) is 0 Å². The molecule has 0 aromatic heterocycles. The van der Waals surface area contributed by atoms with Crippen LogP contribution in [0.5, 0.6) is 0 Å². The predicted octanol–water partition coefficient (Wildman–Crippen LogP) is 17.4. The Morgan fingerprint density at radius 2 is 0.311 bits per heavy atom. The van der Waals surface area contributed by atoms with Crippen molar-refractivity contribution in [3.63, 3.8) is 0 Å². The van der Waals surface area contributed by atoms with Crippen LogP contribution in [-0.2, 0) is 9.59 Å². The van der Waals surface area contributed by atoms with Gasteiger partial charge in [-0.05, 0) is 25.7 Å². The van der Waals surface area contributed by atoms with E-state index >= 15 is 0 Å². The molecule has 0 bridgehead atoms. The molecule has 0 rings (SSSR count). The van der Waals surface area contributed by atoms with E-state index in [0.29, 0.717) is 0 Å². The number of rotatable bonds is 52. The van der Waals surface area contributed by atoms with Crippen molar-refractivity contribution in [1.29, 1.82) is 0 Å². The number of carboxylic acids is 2. The Morgan fingerprint density at radius 3 is 0.410 bits per heavy atom. The summed E-state index contributed by atoms with van der Waals surface area (Å²) in [5, 5.41) is 20.6. The number of hydrogen-bond acceptors (Lipinski definition) is 4. The van der Waals surface area contributed by atoms with Crippen molar-refractivity contribution < 1.29 is 19.8 Å². The summed E-state index contributed by atoms with van der Waals surface area (Å²) in [5.74, 6) is -1.80. The summed E-state index contributed by atoms with van der Waals surface area (Å²) in [6, 6.07) is 0. The first-order valence-electron chi connectivity index (χ1n) is 27.9. The number of carbonyl (C=O) groups is 2. The second-order valence-electron chi connectivity index (χ2n) is 19.2. The van der Waals surface area contributed by atoms with Gasteiger partial charge in [-0.3, -0.25) is 0 Å². The Kier molecular flexibility index (Phi) is 67.3. The van der Waals surface area contributed by atoms with E-state index in [9.17, 15) is 19.8 Å². The van der Waals surface area contributed by atoms with Crippen molar-refractivity contribution in [1.82, 2.24) is 0 Å². The maximum Gasteiger partial charge on any atom is 2.00 e. The zero-order chi connectivity index (χ0) is 43.9. The van der Waals surface area contributed by atoms with Gasteiger partial charge in [-0.2, -0.15) is 0 Å². The van der Waals surface area contributed by atoms with Crippen molar-refractivity contribution in [2.75, 3.05) is 0 Å². The van der Waals surface area contributed by atoms with Gasteiger partial charge in [0.1, 0.15) is 0 Å². The zero-order valence-corrected chi connectivity index (χ0v) is 45.6. The third kappa shape index (κ3) is 69.6. The minimum Gasteiger partial charge on any atom is -0.550 e. The van der Waals surface area contributed by atoms with Crippen LogP contribution in [0, 0.1) is 0 Å². The van der Waals surface area contributed by atoms with E-state index in [1.54, 1.807) is 0 Å². The van der Waals surface area contributed by atoms with E-state index < -0.39 is 11.9 Å². The van der Waals surface area contributed by atoms with Crippen LogP contribution < -0.4 is 10.2 Å². The summed E-state index contributed by atoms with van der Waals surface area (Å²) in [6.45, 7) is 4.59. The largest absolute Gasteiger partial charge is 2.00 e. The molecular formula is C56H110O4Sr. The Hall–Kier alpha value is 0.421. The molecule has 0 atom stereocenters. The van der Waals surface area contributed by atoms with Gasteiger partial charge in [0.2, 0.25) is 0 Å². The Labute approximate surface area is 421 Å². The van der Waals surface area contributed by atoms with Gasteiger partial charge < -0.3 is 19.8 Å². The van der Waals surface area contributed by atoms with Crippen LogP contribution >= 0.6 is 0 Å². The van der Waals surface area contributed by atoms with E-state index in [1.807, 2.05) is 0 Å². The van der Waals surface area contributed by atoms with E-state index in [0.717, 1.165) is 25.7 Å². The fourth-order valence-corrected chi connectivity index (χ4v) is 8.82. The van der Waals surface area contributed by atoms with E-state index in [4.69, 9.17) is 0 Å². The zero-order valence-electron chi connectivity index (χ0n) is 42.1. The van der Waals surface area contributed by atoms with Crippen LogP contribution in [0.3, 0.4) is 0 Å². The van der Waals surface area contributed by atoms with Crippen LogP contribution in [0.2, 0.25) is 0 Å². The standard InChI is InChI=1S/2C28H56O2.Sr/c2*1-2-3-4-5-6-7-8-9-10-11-12-13-14-15-16-17-18-19-20-21-22-23-24-25-26-27-28(29)30;/h2*2-27H2,1H3,(H,29,30);/q;;+2/p-2. The van der Waals surface area contributed by atoms with Crippen molar-refractivity contribution >= 4 is 57.4 Å². The molecule has 0 aliphatic rings. The van der Waals surface area contributed by atoms with Gasteiger partial charge in [0.25, 0.3) is 0 Å². The van der Waals surface area contributed by atoms with Crippen molar-refractivity contribution in [3.05, 3.63) is 0 Å². The number of carboxylic acid groups (broad SMARTS) is 2. The molecular weight excluding hydrogens is 824 g/mol. The second kappa shape index (κ2) is 62.5. The molecule has 0 saturated heterocycles. The normalized spacial score (nSPS) is 11.0. The first-order valence-corrected chi connectivity index (χ1v) is 27.9. The average Bonchev–Trinajstić information content (AvgIpc) is 3.23. The third-order valence-corrected chi connectivity index (χ3v) is 13.0. The molecule has 0 amide bonds. The van der Waals surface area contributed by atoms with Gasteiger partial charge in [-0.1, -0.05) is 322 Å². The molecule has 4 nitrogen and oxygen atoms in total. The van der Waals surface area contributed by atoms with Crippen molar-refractivity contribution in [3.8, 4) is 0 Å². The molecule has 0 aliphatic heterocycles. The minimum atomic E-state index is -0.899. The first kappa shape index (κ1) is 65.7. The maximum absolute atomic E-state index is 10.3. The SMILES string of the molecule is CCCCCCCCCCCCCCCCCCCCCCCCCCCC(=O)[O-].CCCCCCCCCCCCCCCCCCCCCCCCCCCC(=O)[O-].[Sr+2]. The van der Waals surface area contributed by atoms with Gasteiger partial charge >= 0.3 is 45.5 Å². The van der Waals surface area contributed by atoms with Crippen LogP contribution in [0.1, 0.15) is 348 Å². The topological polar surface area (TPSA) is 80.3 Å². The molecule has 61 heavy (non-hydrogen) atoms. The molecule has 0 unspecified atom stereocenters. The molecule has 0 N–H and O–H groups in total. The van der Waals surface area contributed by atoms with Crippen LogP contribution in [0.4, 0.5) is 0 Å². The predicted molar refractivity (Wildman–Crippen MR) is 267 cm³/mol. The fourth-order valence-electron chi connectivity index (χ4n) is 8.82. The number of unbranched alkanes of at least 4 members (excludes halogenated alkanes) is 48. The fraction of sp³-hybridized carbons (Fsp3) is 0.964. The quantitative estimate of drug-likeness (QED) is 0.0449. The van der Waals surface area contributed by atoms with Gasteiger partial charge in [-0.15, -0.1) is 0 Å². The molecule has 0 radical (unpaired) electrons. The summed E-state index contributed by atoms with van der Waals surface area (Å²) in [6.07, 6.45) is 69.3. The first-order chi connectivity index (χ1) is 29.5. The van der Waals surface area contributed by atoms with E-state index in [-0.39, 0.29) is 58.3 Å². The molecule has 0 aromatic rings. The molecule has 0 spiro atoms. The summed E-state index contributed by atoms with van der Waals surface area (Å²) < 4.78 is 0. The van der Waals surface area contributed by atoms with Gasteiger partial charge in [-0.25, -0.2) is 0 Å². The second-order valence-corrected chi connectivity index (χ2v) is 19.2. The number of aliphatic carboxylic acids is 2. The third-order valence-electron chi connectivity index (χ3n) is 13.0. The number of hydrogen-bond donors (Lipinski definition) is 0. The Bertz CT molecular complexity index is 725. The smallest absolute Gasteiger partial charge is 0.550 e. The Morgan fingerprint density at radius 1 is 0.213 bits per heavy atom. The van der Waals surface area contributed by atoms with Gasteiger partial charge in [0, 0.05) is 11.9 Å². The van der Waals surface area contributed by atoms with Crippen LogP contribution in [0.15, 0.2) is 0 Å².